The Labute approximate surface area is 142 Å². The number of epoxide rings is 1. The highest BCUT2D eigenvalue weighted by molar-refractivity contribution is 5.73. The van der Waals surface area contributed by atoms with Crippen molar-refractivity contribution in [2.45, 2.75) is 42.3 Å². The van der Waals surface area contributed by atoms with Crippen LogP contribution in [0.2, 0.25) is 0 Å². The van der Waals surface area contributed by atoms with E-state index in [-0.39, 0.29) is 11.2 Å². The zero-order valence-electron chi connectivity index (χ0n) is 13.6. The number of rotatable bonds is 1. The number of benzene rings is 2. The molecule has 1 heteroatoms. The molecule has 4 aliphatic carbocycles. The van der Waals surface area contributed by atoms with Gasteiger partial charge in [0.15, 0.2) is 0 Å². The van der Waals surface area contributed by atoms with Gasteiger partial charge in [-0.15, -0.1) is 0 Å². The van der Waals surface area contributed by atoms with E-state index >= 15 is 0 Å². The summed E-state index contributed by atoms with van der Waals surface area (Å²) < 4.78 is 6.75. The molecule has 1 heterocycles. The molecule has 2 aromatic carbocycles. The zero-order chi connectivity index (χ0) is 15.5. The van der Waals surface area contributed by atoms with Crippen molar-refractivity contribution >= 4 is 6.08 Å². The quantitative estimate of drug-likeness (QED) is 0.682. The lowest BCUT2D eigenvalue weighted by Crippen LogP contribution is -2.36. The number of hydrogen-bond donors (Lipinski definition) is 0. The Morgan fingerprint density at radius 1 is 0.792 bits per heavy atom. The minimum atomic E-state index is 0.162. The van der Waals surface area contributed by atoms with Gasteiger partial charge in [0.2, 0.25) is 0 Å². The van der Waals surface area contributed by atoms with Crippen molar-refractivity contribution < 1.29 is 4.74 Å². The second-order valence-corrected chi connectivity index (χ2v) is 8.45. The van der Waals surface area contributed by atoms with Gasteiger partial charge >= 0.3 is 0 Å². The topological polar surface area (TPSA) is 12.5 Å². The first kappa shape index (κ1) is 12.5. The summed E-state index contributed by atoms with van der Waals surface area (Å²) in [5.41, 5.74) is 6.43. The molecule has 118 valence electrons. The van der Waals surface area contributed by atoms with E-state index in [0.29, 0.717) is 11.8 Å². The van der Waals surface area contributed by atoms with Gasteiger partial charge in [0.1, 0.15) is 11.2 Å². The highest BCUT2D eigenvalue weighted by Crippen LogP contribution is 2.88. The maximum atomic E-state index is 6.75. The molecule has 1 nitrogen and oxygen atoms in total. The fourth-order valence-corrected chi connectivity index (χ4v) is 7.29. The van der Waals surface area contributed by atoms with E-state index in [1.807, 2.05) is 0 Å². The van der Waals surface area contributed by atoms with E-state index in [0.717, 1.165) is 11.8 Å². The molecule has 0 aromatic heterocycles. The Morgan fingerprint density at radius 3 is 2.00 bits per heavy atom. The molecule has 0 unspecified atom stereocenters. The van der Waals surface area contributed by atoms with Crippen molar-refractivity contribution in [3.05, 3.63) is 76.9 Å². The summed E-state index contributed by atoms with van der Waals surface area (Å²) in [7, 11) is 0. The van der Waals surface area contributed by atoms with Gasteiger partial charge in [0, 0.05) is 11.8 Å². The average molecular weight is 312 g/mol. The Bertz CT molecular complexity index is 862. The van der Waals surface area contributed by atoms with Gasteiger partial charge in [0.25, 0.3) is 0 Å². The minimum Gasteiger partial charge on any atom is -0.360 e. The summed E-state index contributed by atoms with van der Waals surface area (Å²) in [4.78, 5) is 0. The Hall–Kier alpha value is -1.86. The summed E-state index contributed by atoms with van der Waals surface area (Å²) in [5.74, 6) is 2.61. The third-order valence-electron chi connectivity index (χ3n) is 7.83. The van der Waals surface area contributed by atoms with E-state index in [1.165, 1.54) is 24.8 Å². The first-order valence-electron chi connectivity index (χ1n) is 9.42. The molecule has 24 heavy (non-hydrogen) atoms. The van der Waals surface area contributed by atoms with Gasteiger partial charge in [-0.1, -0.05) is 60.7 Å². The van der Waals surface area contributed by atoms with Crippen LogP contribution in [-0.4, -0.2) is 11.2 Å². The van der Waals surface area contributed by atoms with Gasteiger partial charge in [0.05, 0.1) is 0 Å². The number of ether oxygens (including phenoxy) is 1. The maximum absolute atomic E-state index is 6.75. The molecule has 0 amide bonds. The number of hydrogen-bond acceptors (Lipinski definition) is 1. The van der Waals surface area contributed by atoms with E-state index in [4.69, 9.17) is 4.74 Å². The normalized spacial score (nSPS) is 45.1. The van der Waals surface area contributed by atoms with Crippen LogP contribution in [0.1, 0.15) is 47.8 Å². The second-order valence-electron chi connectivity index (χ2n) is 8.45. The third-order valence-corrected chi connectivity index (χ3v) is 7.83. The lowest BCUT2D eigenvalue weighted by Gasteiger charge is -2.29. The van der Waals surface area contributed by atoms with Crippen molar-refractivity contribution in [2.75, 3.05) is 0 Å². The van der Waals surface area contributed by atoms with Crippen LogP contribution in [0.3, 0.4) is 0 Å². The van der Waals surface area contributed by atoms with Crippen molar-refractivity contribution in [3.8, 4) is 0 Å². The first-order chi connectivity index (χ1) is 11.9. The number of fused-ring (bicyclic) bond motifs is 7. The van der Waals surface area contributed by atoms with E-state index in [2.05, 4.69) is 60.7 Å². The van der Waals surface area contributed by atoms with Crippen molar-refractivity contribution in [1.82, 2.24) is 0 Å². The molecule has 5 aliphatic rings. The molecule has 4 fully saturated rings. The smallest absolute Gasteiger partial charge is 0.113 e. The molecular formula is C23H20O. The van der Waals surface area contributed by atoms with Crippen molar-refractivity contribution in [1.29, 1.82) is 0 Å². The predicted molar refractivity (Wildman–Crippen MR) is 93.7 cm³/mol. The summed E-state index contributed by atoms with van der Waals surface area (Å²) in [5, 5.41) is 0. The molecule has 6 atom stereocenters. The highest BCUT2D eigenvalue weighted by atomic mass is 16.6. The van der Waals surface area contributed by atoms with Gasteiger partial charge in [-0.2, -0.15) is 0 Å². The van der Waals surface area contributed by atoms with Gasteiger partial charge in [-0.05, 0) is 53.4 Å². The van der Waals surface area contributed by atoms with Crippen LogP contribution in [0.4, 0.5) is 0 Å². The van der Waals surface area contributed by atoms with Gasteiger partial charge in [-0.3, -0.25) is 0 Å². The van der Waals surface area contributed by atoms with Gasteiger partial charge < -0.3 is 4.74 Å². The standard InChI is InChI=1S/C23H20O/c1-2-6-14(7-3-1)12-19-20-17-8-4-5-9-18(17)21(19)23-16-11-10-15(13-16)22(20,23)24-23/h1-9,12,15-16,20-21H,10-11,13H2/t15-,16-,20+,21+,22+,23+/m0/s1. The summed E-state index contributed by atoms with van der Waals surface area (Å²) in [6.07, 6.45) is 6.67. The van der Waals surface area contributed by atoms with Crippen LogP contribution in [0.25, 0.3) is 6.08 Å². The molecule has 2 aromatic rings. The average Bonchev–Trinajstić information content (AvgIpc) is 2.94. The van der Waals surface area contributed by atoms with Crippen molar-refractivity contribution in [2.24, 2.45) is 11.8 Å². The third kappa shape index (κ3) is 1.07. The molecule has 3 saturated carbocycles. The van der Waals surface area contributed by atoms with E-state index in [9.17, 15) is 0 Å². The fourth-order valence-electron chi connectivity index (χ4n) is 7.29. The molecular weight excluding hydrogens is 292 g/mol. The molecule has 4 bridgehead atoms. The summed E-state index contributed by atoms with van der Waals surface area (Å²) in [6, 6.07) is 20.0. The monoisotopic (exact) mass is 312 g/mol. The first-order valence-corrected chi connectivity index (χ1v) is 9.42. The fraction of sp³-hybridized carbons (Fsp3) is 0.391. The Morgan fingerprint density at radius 2 is 1.38 bits per heavy atom. The Kier molecular flexibility index (Phi) is 1.93. The van der Waals surface area contributed by atoms with Crippen LogP contribution in [0.15, 0.2) is 60.2 Å². The minimum absolute atomic E-state index is 0.162. The predicted octanol–water partition coefficient (Wildman–Crippen LogP) is 4.90. The lowest BCUT2D eigenvalue weighted by atomic mass is 9.69. The molecule has 0 spiro atoms. The van der Waals surface area contributed by atoms with Crippen LogP contribution >= 0.6 is 0 Å². The molecule has 1 saturated heterocycles. The van der Waals surface area contributed by atoms with Crippen LogP contribution in [0.5, 0.6) is 0 Å². The largest absolute Gasteiger partial charge is 0.360 e. The van der Waals surface area contributed by atoms with Crippen LogP contribution in [0, 0.1) is 11.8 Å². The van der Waals surface area contributed by atoms with Crippen LogP contribution in [-0.2, 0) is 4.74 Å². The van der Waals surface area contributed by atoms with Crippen molar-refractivity contribution in [3.63, 3.8) is 0 Å². The lowest BCUT2D eigenvalue weighted by molar-refractivity contribution is 0.134. The summed E-state index contributed by atoms with van der Waals surface area (Å²) >= 11 is 0. The SMILES string of the molecule is C(=C1[C@H]2c3ccccc3[C@H]1[C@@]13O[C@]21[C@H]1CC[C@H]3C1)c1ccccc1. The molecule has 1 aliphatic heterocycles. The second kappa shape index (κ2) is 3.70. The van der Waals surface area contributed by atoms with Crippen LogP contribution < -0.4 is 0 Å². The summed E-state index contributed by atoms with van der Waals surface area (Å²) in [6.45, 7) is 0. The maximum Gasteiger partial charge on any atom is 0.113 e. The molecule has 0 N–H and O–H groups in total. The van der Waals surface area contributed by atoms with E-state index < -0.39 is 0 Å². The van der Waals surface area contributed by atoms with E-state index in [1.54, 1.807) is 16.7 Å². The Balaban J connectivity index is 1.50. The molecule has 7 rings (SSSR count). The van der Waals surface area contributed by atoms with Gasteiger partial charge in [-0.25, -0.2) is 0 Å². The zero-order valence-corrected chi connectivity index (χ0v) is 13.6. The molecule has 0 radical (unpaired) electrons. The highest BCUT2D eigenvalue weighted by Gasteiger charge is 2.92.